The minimum atomic E-state index is -0.443. The summed E-state index contributed by atoms with van der Waals surface area (Å²) in [6.07, 6.45) is 2.98. The highest BCUT2D eigenvalue weighted by Crippen LogP contribution is 2.17. The maximum atomic E-state index is 12.5. The third-order valence-corrected chi connectivity index (χ3v) is 3.87. The van der Waals surface area contributed by atoms with E-state index in [0.717, 1.165) is 16.8 Å². The standard InChI is InChI=1S/C19H19N5O2/c1-12-6-7-15(13(2)9-12)24-19(26)17-16(22-11-23-17)18(25)21-10-14-5-3-4-8-20-14/h3-9,11H,10H2,1-2H3,(H,21,25)(H,22,23)(H,24,26). The van der Waals surface area contributed by atoms with Crippen LogP contribution in [0.1, 0.15) is 37.8 Å². The first-order valence-corrected chi connectivity index (χ1v) is 8.14. The van der Waals surface area contributed by atoms with E-state index in [4.69, 9.17) is 0 Å². The minimum absolute atomic E-state index is 0.0449. The number of anilines is 1. The Morgan fingerprint density at radius 3 is 2.65 bits per heavy atom. The number of amides is 2. The normalized spacial score (nSPS) is 10.4. The maximum Gasteiger partial charge on any atom is 0.276 e. The highest BCUT2D eigenvalue weighted by atomic mass is 16.2. The molecule has 0 atom stereocenters. The van der Waals surface area contributed by atoms with Crippen molar-refractivity contribution in [2.75, 3.05) is 5.32 Å². The van der Waals surface area contributed by atoms with Gasteiger partial charge in [0.15, 0.2) is 5.69 Å². The average molecular weight is 349 g/mol. The smallest absolute Gasteiger partial charge is 0.276 e. The van der Waals surface area contributed by atoms with Crippen molar-refractivity contribution in [3.8, 4) is 0 Å². The molecule has 1 aromatic carbocycles. The Kier molecular flexibility index (Phi) is 5.07. The van der Waals surface area contributed by atoms with E-state index in [1.807, 2.05) is 38.1 Å². The molecule has 2 heterocycles. The number of carbonyl (C=O) groups excluding carboxylic acids is 2. The van der Waals surface area contributed by atoms with Gasteiger partial charge < -0.3 is 15.6 Å². The first-order valence-electron chi connectivity index (χ1n) is 8.14. The molecule has 0 fully saturated rings. The Morgan fingerprint density at radius 1 is 1.08 bits per heavy atom. The summed E-state index contributed by atoms with van der Waals surface area (Å²) in [5, 5.41) is 5.52. The molecule has 0 saturated heterocycles. The zero-order valence-electron chi connectivity index (χ0n) is 14.5. The summed E-state index contributed by atoms with van der Waals surface area (Å²) in [6.45, 7) is 4.15. The molecule has 3 rings (SSSR count). The number of hydrogen-bond acceptors (Lipinski definition) is 4. The van der Waals surface area contributed by atoms with Crippen molar-refractivity contribution in [1.82, 2.24) is 20.3 Å². The van der Waals surface area contributed by atoms with Crippen LogP contribution in [0.25, 0.3) is 0 Å². The molecule has 132 valence electrons. The average Bonchev–Trinajstić information content (AvgIpc) is 3.13. The summed E-state index contributed by atoms with van der Waals surface area (Å²) < 4.78 is 0. The van der Waals surface area contributed by atoms with Gasteiger partial charge in [-0.2, -0.15) is 0 Å². The SMILES string of the molecule is Cc1ccc(NC(=O)c2nc[nH]c2C(=O)NCc2ccccn2)c(C)c1. The van der Waals surface area contributed by atoms with Gasteiger partial charge >= 0.3 is 0 Å². The molecule has 26 heavy (non-hydrogen) atoms. The van der Waals surface area contributed by atoms with Gasteiger partial charge in [0.05, 0.1) is 18.6 Å². The molecule has 3 N–H and O–H groups in total. The minimum Gasteiger partial charge on any atom is -0.345 e. The van der Waals surface area contributed by atoms with Gasteiger partial charge in [-0.1, -0.05) is 23.8 Å². The second-order valence-corrected chi connectivity index (χ2v) is 5.90. The lowest BCUT2D eigenvalue weighted by atomic mass is 10.1. The Hall–Kier alpha value is -3.48. The van der Waals surface area contributed by atoms with E-state index in [0.29, 0.717) is 5.69 Å². The summed E-state index contributed by atoms with van der Waals surface area (Å²) in [7, 11) is 0. The maximum absolute atomic E-state index is 12.5. The van der Waals surface area contributed by atoms with Gasteiger partial charge in [0.2, 0.25) is 0 Å². The molecule has 7 heteroatoms. The van der Waals surface area contributed by atoms with Crippen molar-refractivity contribution in [2.45, 2.75) is 20.4 Å². The predicted octanol–water partition coefficient (Wildman–Crippen LogP) is 2.60. The highest BCUT2D eigenvalue weighted by molar-refractivity contribution is 6.10. The van der Waals surface area contributed by atoms with Crippen molar-refractivity contribution in [2.24, 2.45) is 0 Å². The number of carbonyl (C=O) groups is 2. The Morgan fingerprint density at radius 2 is 1.92 bits per heavy atom. The highest BCUT2D eigenvalue weighted by Gasteiger charge is 2.20. The van der Waals surface area contributed by atoms with Crippen molar-refractivity contribution in [3.63, 3.8) is 0 Å². The monoisotopic (exact) mass is 349 g/mol. The van der Waals surface area contributed by atoms with Crippen molar-refractivity contribution >= 4 is 17.5 Å². The lowest BCUT2D eigenvalue weighted by molar-refractivity contribution is 0.0932. The van der Waals surface area contributed by atoms with E-state index in [1.54, 1.807) is 18.3 Å². The van der Waals surface area contributed by atoms with Gasteiger partial charge in [0, 0.05) is 11.9 Å². The van der Waals surface area contributed by atoms with Crippen LogP contribution in [0, 0.1) is 13.8 Å². The van der Waals surface area contributed by atoms with E-state index >= 15 is 0 Å². The summed E-state index contributed by atoms with van der Waals surface area (Å²) in [6, 6.07) is 11.2. The van der Waals surface area contributed by atoms with Crippen LogP contribution in [0.15, 0.2) is 48.9 Å². The Balaban J connectivity index is 1.70. The third-order valence-electron chi connectivity index (χ3n) is 3.87. The zero-order valence-corrected chi connectivity index (χ0v) is 14.5. The fourth-order valence-electron chi connectivity index (χ4n) is 2.54. The number of pyridine rings is 1. The van der Waals surface area contributed by atoms with E-state index in [2.05, 4.69) is 25.6 Å². The first kappa shape index (κ1) is 17.3. The number of rotatable bonds is 5. The number of imidazole rings is 1. The van der Waals surface area contributed by atoms with E-state index in [-0.39, 0.29) is 17.9 Å². The lowest BCUT2D eigenvalue weighted by Crippen LogP contribution is -2.26. The number of benzene rings is 1. The van der Waals surface area contributed by atoms with Crippen LogP contribution in [0.5, 0.6) is 0 Å². The summed E-state index contributed by atoms with van der Waals surface area (Å²) in [5.41, 5.74) is 3.61. The second kappa shape index (κ2) is 7.60. The molecule has 0 saturated carbocycles. The van der Waals surface area contributed by atoms with Crippen LogP contribution in [0.3, 0.4) is 0 Å². The summed E-state index contributed by atoms with van der Waals surface area (Å²) in [5.74, 6) is -0.861. The molecule has 0 unspecified atom stereocenters. The van der Waals surface area contributed by atoms with E-state index in [1.165, 1.54) is 6.33 Å². The molecule has 3 aromatic rings. The number of nitrogens with one attached hydrogen (secondary N) is 3. The summed E-state index contributed by atoms with van der Waals surface area (Å²) in [4.78, 5) is 35.8. The molecule has 0 aliphatic rings. The quantitative estimate of drug-likeness (QED) is 0.659. The molecule has 7 nitrogen and oxygen atoms in total. The van der Waals surface area contributed by atoms with Gasteiger partial charge in [-0.05, 0) is 37.6 Å². The van der Waals surface area contributed by atoms with Crippen molar-refractivity contribution in [1.29, 1.82) is 0 Å². The Labute approximate surface area is 150 Å². The van der Waals surface area contributed by atoms with Crippen LogP contribution in [0.4, 0.5) is 5.69 Å². The van der Waals surface area contributed by atoms with Gasteiger partial charge in [-0.3, -0.25) is 14.6 Å². The largest absolute Gasteiger partial charge is 0.345 e. The zero-order chi connectivity index (χ0) is 18.5. The number of H-pyrrole nitrogens is 1. The topological polar surface area (TPSA) is 99.8 Å². The van der Waals surface area contributed by atoms with E-state index in [9.17, 15) is 9.59 Å². The molecule has 0 radical (unpaired) electrons. The molecule has 0 aliphatic carbocycles. The molecule has 0 spiro atoms. The molecule has 0 bridgehead atoms. The number of aromatic nitrogens is 3. The van der Waals surface area contributed by atoms with Gasteiger partial charge in [-0.15, -0.1) is 0 Å². The van der Waals surface area contributed by atoms with Crippen LogP contribution < -0.4 is 10.6 Å². The van der Waals surface area contributed by atoms with Crippen LogP contribution in [0.2, 0.25) is 0 Å². The first-order chi connectivity index (χ1) is 12.5. The van der Waals surface area contributed by atoms with Crippen LogP contribution in [-0.2, 0) is 6.54 Å². The number of hydrogen-bond donors (Lipinski definition) is 3. The van der Waals surface area contributed by atoms with Crippen molar-refractivity contribution in [3.05, 3.63) is 77.1 Å². The van der Waals surface area contributed by atoms with Gasteiger partial charge in [0.1, 0.15) is 5.69 Å². The Bertz CT molecular complexity index is 934. The fourth-order valence-corrected chi connectivity index (χ4v) is 2.54. The number of aromatic amines is 1. The van der Waals surface area contributed by atoms with Gasteiger partial charge in [0.25, 0.3) is 11.8 Å². The fraction of sp³-hybridized carbons (Fsp3) is 0.158. The van der Waals surface area contributed by atoms with Crippen LogP contribution >= 0.6 is 0 Å². The van der Waals surface area contributed by atoms with Crippen molar-refractivity contribution < 1.29 is 9.59 Å². The third kappa shape index (κ3) is 3.94. The van der Waals surface area contributed by atoms with Gasteiger partial charge in [-0.25, -0.2) is 4.98 Å². The predicted molar refractivity (Wildman–Crippen MR) is 97.9 cm³/mol. The van der Waals surface area contributed by atoms with E-state index < -0.39 is 11.8 Å². The molecular weight excluding hydrogens is 330 g/mol. The summed E-state index contributed by atoms with van der Waals surface area (Å²) >= 11 is 0. The molecule has 0 aliphatic heterocycles. The molecule has 2 amide bonds. The molecule has 2 aromatic heterocycles. The number of aryl methyl sites for hydroxylation is 2. The lowest BCUT2D eigenvalue weighted by Gasteiger charge is -2.09. The second-order valence-electron chi connectivity index (χ2n) is 5.90. The van der Waals surface area contributed by atoms with Crippen LogP contribution in [-0.4, -0.2) is 26.8 Å². The number of nitrogens with zero attached hydrogens (tertiary/aromatic N) is 2. The molecular formula is C19H19N5O2.